The number of ether oxygens (including phenoxy) is 1. The summed E-state index contributed by atoms with van der Waals surface area (Å²) in [7, 11) is -2.22. The van der Waals surface area contributed by atoms with Crippen molar-refractivity contribution in [2.45, 2.75) is 18.7 Å². The Morgan fingerprint density at radius 1 is 1.00 bits per heavy atom. The normalized spacial score (nSPS) is 11.1. The van der Waals surface area contributed by atoms with Gasteiger partial charge in [-0.2, -0.15) is 0 Å². The van der Waals surface area contributed by atoms with Crippen LogP contribution in [0.15, 0.2) is 71.8 Å². The Balaban J connectivity index is 1.81. The summed E-state index contributed by atoms with van der Waals surface area (Å²) in [5.74, 6) is -0.276. The maximum absolute atomic E-state index is 13.0. The number of esters is 1. The van der Waals surface area contributed by atoms with Crippen LogP contribution in [0.25, 0.3) is 0 Å². The molecule has 0 aliphatic carbocycles. The van der Waals surface area contributed by atoms with E-state index in [2.05, 4.69) is 4.98 Å². The highest BCUT2D eigenvalue weighted by Crippen LogP contribution is 2.26. The van der Waals surface area contributed by atoms with Gasteiger partial charge < -0.3 is 4.74 Å². The lowest BCUT2D eigenvalue weighted by Crippen LogP contribution is -2.27. The SMILES string of the molecule is Cc1ccc(C)c(S(=O)(=O)N(C)c2ccc(OC(=O)c3ccccn3)cc2)c1. The standard InChI is InChI=1S/C21H20N2O4S/c1-15-7-8-16(2)20(14-15)28(25,26)23(3)17-9-11-18(12-10-17)27-21(24)19-6-4-5-13-22-19/h4-14H,1-3H3. The van der Waals surface area contributed by atoms with Gasteiger partial charge >= 0.3 is 5.97 Å². The lowest BCUT2D eigenvalue weighted by Gasteiger charge is -2.21. The molecule has 0 atom stereocenters. The van der Waals surface area contributed by atoms with E-state index in [0.29, 0.717) is 17.0 Å². The molecule has 0 bridgehead atoms. The molecule has 2 aromatic carbocycles. The molecule has 0 saturated carbocycles. The van der Waals surface area contributed by atoms with E-state index in [1.165, 1.54) is 17.5 Å². The molecule has 1 aromatic heterocycles. The van der Waals surface area contributed by atoms with Gasteiger partial charge in [-0.3, -0.25) is 4.31 Å². The molecule has 3 aromatic rings. The van der Waals surface area contributed by atoms with Gasteiger partial charge in [0.15, 0.2) is 0 Å². The zero-order valence-corrected chi connectivity index (χ0v) is 16.6. The molecule has 0 spiro atoms. The summed E-state index contributed by atoms with van der Waals surface area (Å²) in [5.41, 5.74) is 2.20. The molecule has 0 fully saturated rings. The molecule has 0 aliphatic rings. The number of aryl methyl sites for hydroxylation is 2. The van der Waals surface area contributed by atoms with E-state index in [-0.39, 0.29) is 10.6 Å². The zero-order chi connectivity index (χ0) is 20.3. The van der Waals surface area contributed by atoms with Crippen LogP contribution in [-0.2, 0) is 10.0 Å². The highest BCUT2D eigenvalue weighted by atomic mass is 32.2. The molecule has 0 unspecified atom stereocenters. The molecular formula is C21H20N2O4S. The fourth-order valence-electron chi connectivity index (χ4n) is 2.64. The van der Waals surface area contributed by atoms with Gasteiger partial charge in [0.05, 0.1) is 10.6 Å². The number of carbonyl (C=O) groups excluding carboxylic acids is 1. The highest BCUT2D eigenvalue weighted by Gasteiger charge is 2.23. The van der Waals surface area contributed by atoms with Crippen molar-refractivity contribution in [3.8, 4) is 5.75 Å². The summed E-state index contributed by atoms with van der Waals surface area (Å²) in [6, 6.07) is 16.5. The number of anilines is 1. The summed E-state index contributed by atoms with van der Waals surface area (Å²) in [4.78, 5) is 16.3. The number of rotatable bonds is 5. The van der Waals surface area contributed by atoms with Crippen LogP contribution >= 0.6 is 0 Å². The van der Waals surface area contributed by atoms with Gasteiger partial charge in [0.2, 0.25) is 0 Å². The smallest absolute Gasteiger partial charge is 0.362 e. The third-order valence-electron chi connectivity index (χ3n) is 4.27. The van der Waals surface area contributed by atoms with E-state index in [0.717, 1.165) is 5.56 Å². The van der Waals surface area contributed by atoms with Gasteiger partial charge in [0, 0.05) is 13.2 Å². The first-order valence-corrected chi connectivity index (χ1v) is 10.0. The molecule has 0 radical (unpaired) electrons. The van der Waals surface area contributed by atoms with Crippen molar-refractivity contribution in [2.24, 2.45) is 0 Å². The van der Waals surface area contributed by atoms with Crippen LogP contribution in [0.3, 0.4) is 0 Å². The lowest BCUT2D eigenvalue weighted by atomic mass is 10.2. The van der Waals surface area contributed by atoms with Gasteiger partial charge in [-0.1, -0.05) is 18.2 Å². The fraction of sp³-hybridized carbons (Fsp3) is 0.143. The minimum absolute atomic E-state index is 0.196. The second-order valence-electron chi connectivity index (χ2n) is 6.34. The van der Waals surface area contributed by atoms with E-state index in [1.807, 2.05) is 13.0 Å². The maximum Gasteiger partial charge on any atom is 0.362 e. The molecule has 0 saturated heterocycles. The second-order valence-corrected chi connectivity index (χ2v) is 8.28. The van der Waals surface area contributed by atoms with Crippen LogP contribution in [-0.4, -0.2) is 26.4 Å². The van der Waals surface area contributed by atoms with Crippen LogP contribution < -0.4 is 9.04 Å². The quantitative estimate of drug-likeness (QED) is 0.485. The third kappa shape index (κ3) is 4.04. The van der Waals surface area contributed by atoms with Crippen LogP contribution in [0.2, 0.25) is 0 Å². The van der Waals surface area contributed by atoms with Crippen LogP contribution in [0, 0.1) is 13.8 Å². The molecule has 0 aliphatic heterocycles. The van der Waals surface area contributed by atoms with E-state index in [4.69, 9.17) is 4.74 Å². The summed E-state index contributed by atoms with van der Waals surface area (Å²) in [6.45, 7) is 3.61. The molecule has 144 valence electrons. The number of aromatic nitrogens is 1. The van der Waals surface area contributed by atoms with Crippen molar-refractivity contribution in [3.63, 3.8) is 0 Å². The largest absolute Gasteiger partial charge is 0.422 e. The molecule has 6 nitrogen and oxygen atoms in total. The first kappa shape index (κ1) is 19.6. The van der Waals surface area contributed by atoms with Crippen LogP contribution in [0.4, 0.5) is 5.69 Å². The summed E-state index contributed by atoms with van der Waals surface area (Å²) >= 11 is 0. The van der Waals surface area contributed by atoms with Gasteiger partial charge in [-0.15, -0.1) is 0 Å². The van der Waals surface area contributed by atoms with Gasteiger partial charge in [-0.25, -0.2) is 18.2 Å². The van der Waals surface area contributed by atoms with Crippen molar-refractivity contribution in [1.82, 2.24) is 4.98 Å². The lowest BCUT2D eigenvalue weighted by molar-refractivity contribution is 0.0728. The second kappa shape index (κ2) is 7.82. The van der Waals surface area contributed by atoms with E-state index >= 15 is 0 Å². The summed E-state index contributed by atoms with van der Waals surface area (Å²) in [6.07, 6.45) is 1.51. The maximum atomic E-state index is 13.0. The summed E-state index contributed by atoms with van der Waals surface area (Å²) < 4.78 is 32.4. The number of hydrogen-bond donors (Lipinski definition) is 0. The number of nitrogens with zero attached hydrogens (tertiary/aromatic N) is 2. The zero-order valence-electron chi connectivity index (χ0n) is 15.8. The third-order valence-corrected chi connectivity index (χ3v) is 6.19. The Hall–Kier alpha value is -3.19. The van der Waals surface area contributed by atoms with E-state index < -0.39 is 16.0 Å². The molecule has 0 N–H and O–H groups in total. The number of pyridine rings is 1. The Bertz CT molecular complexity index is 1100. The topological polar surface area (TPSA) is 76.6 Å². The molecule has 28 heavy (non-hydrogen) atoms. The predicted molar refractivity (Wildman–Crippen MR) is 107 cm³/mol. The Morgan fingerprint density at radius 2 is 1.71 bits per heavy atom. The van der Waals surface area contributed by atoms with E-state index in [9.17, 15) is 13.2 Å². The van der Waals surface area contributed by atoms with Crippen molar-refractivity contribution in [1.29, 1.82) is 0 Å². The minimum atomic E-state index is -3.71. The highest BCUT2D eigenvalue weighted by molar-refractivity contribution is 7.92. The Kier molecular flexibility index (Phi) is 5.46. The van der Waals surface area contributed by atoms with Crippen LogP contribution in [0.1, 0.15) is 21.6 Å². The van der Waals surface area contributed by atoms with Crippen molar-refractivity contribution < 1.29 is 17.9 Å². The molecular weight excluding hydrogens is 376 g/mol. The number of hydrogen-bond acceptors (Lipinski definition) is 5. The van der Waals surface area contributed by atoms with Gasteiger partial charge in [0.25, 0.3) is 10.0 Å². The van der Waals surface area contributed by atoms with Crippen molar-refractivity contribution >= 4 is 21.7 Å². The molecule has 1 heterocycles. The number of carbonyl (C=O) groups is 1. The predicted octanol–water partition coefficient (Wildman–Crippen LogP) is 3.74. The first-order valence-electron chi connectivity index (χ1n) is 8.58. The average Bonchev–Trinajstić information content (AvgIpc) is 2.70. The summed E-state index contributed by atoms with van der Waals surface area (Å²) in [5, 5.41) is 0. The average molecular weight is 396 g/mol. The number of sulfonamides is 1. The van der Waals surface area contributed by atoms with Crippen molar-refractivity contribution in [2.75, 3.05) is 11.4 Å². The molecule has 0 amide bonds. The molecule has 7 heteroatoms. The monoisotopic (exact) mass is 396 g/mol. The van der Waals surface area contributed by atoms with Crippen molar-refractivity contribution in [3.05, 3.63) is 83.7 Å². The fourth-order valence-corrected chi connectivity index (χ4v) is 4.14. The molecule has 3 rings (SSSR count). The Labute approximate surface area is 164 Å². The number of benzene rings is 2. The van der Waals surface area contributed by atoms with Gasteiger partial charge in [-0.05, 0) is 67.4 Å². The Morgan fingerprint density at radius 3 is 2.36 bits per heavy atom. The van der Waals surface area contributed by atoms with Gasteiger partial charge in [0.1, 0.15) is 11.4 Å². The van der Waals surface area contributed by atoms with Crippen LogP contribution in [0.5, 0.6) is 5.75 Å². The van der Waals surface area contributed by atoms with E-state index in [1.54, 1.807) is 61.5 Å². The first-order chi connectivity index (χ1) is 13.3. The minimum Gasteiger partial charge on any atom is -0.422 e.